The van der Waals surface area contributed by atoms with E-state index in [0.29, 0.717) is 0 Å². The van der Waals surface area contributed by atoms with Crippen molar-refractivity contribution >= 4 is 28.2 Å². The highest BCUT2D eigenvalue weighted by Gasteiger charge is 2.06. The van der Waals surface area contributed by atoms with Gasteiger partial charge >= 0.3 is 0 Å². The van der Waals surface area contributed by atoms with Crippen molar-refractivity contribution in [3.05, 3.63) is 30.6 Å². The molecule has 0 fully saturated rings. The van der Waals surface area contributed by atoms with E-state index in [9.17, 15) is 0 Å². The Morgan fingerprint density at radius 3 is 2.88 bits per heavy atom. The van der Waals surface area contributed by atoms with Crippen LogP contribution in [0.15, 0.2) is 35.5 Å². The minimum absolute atomic E-state index is 0.745. The largest absolute Gasteiger partial charge is 0.398 e. The lowest BCUT2D eigenvalue weighted by Crippen LogP contribution is -1.96. The van der Waals surface area contributed by atoms with Gasteiger partial charge in [0, 0.05) is 39.5 Å². The number of nitrogens with two attached hydrogens (primary N) is 1. The van der Waals surface area contributed by atoms with Crippen LogP contribution < -0.4 is 5.73 Å². The van der Waals surface area contributed by atoms with Crippen molar-refractivity contribution in [3.8, 4) is 0 Å². The Balaban J connectivity index is 2.32. The third-order valence-electron chi connectivity index (χ3n) is 3.03. The number of aromatic nitrogens is 1. The zero-order valence-electron chi connectivity index (χ0n) is 10.3. The van der Waals surface area contributed by atoms with E-state index in [2.05, 4.69) is 24.9 Å². The van der Waals surface area contributed by atoms with Gasteiger partial charge in [-0.2, -0.15) is 0 Å². The number of benzene rings is 1. The molecule has 0 bridgehead atoms. The van der Waals surface area contributed by atoms with Gasteiger partial charge in [-0.25, -0.2) is 0 Å². The summed E-state index contributed by atoms with van der Waals surface area (Å²) in [5.41, 5.74) is 6.76. The van der Waals surface area contributed by atoms with Gasteiger partial charge in [-0.15, -0.1) is 11.8 Å². The molecule has 2 aromatic rings. The van der Waals surface area contributed by atoms with Crippen LogP contribution in [0.25, 0.3) is 10.8 Å². The van der Waals surface area contributed by atoms with Gasteiger partial charge in [0.1, 0.15) is 0 Å². The van der Waals surface area contributed by atoms with Gasteiger partial charge in [-0.1, -0.05) is 20.3 Å². The molecule has 1 atom stereocenters. The van der Waals surface area contributed by atoms with E-state index in [0.717, 1.165) is 22.7 Å². The minimum atomic E-state index is 0.745. The average Bonchev–Trinajstić information content (AvgIpc) is 2.38. The average molecular weight is 246 g/mol. The van der Waals surface area contributed by atoms with Crippen molar-refractivity contribution in [2.75, 3.05) is 11.5 Å². The maximum absolute atomic E-state index is 5.96. The summed E-state index contributed by atoms with van der Waals surface area (Å²) in [5.74, 6) is 1.90. The Kier molecular flexibility index (Phi) is 3.89. The first-order chi connectivity index (χ1) is 8.22. The number of anilines is 1. The van der Waals surface area contributed by atoms with Crippen LogP contribution in [0.2, 0.25) is 0 Å². The molecule has 1 aromatic carbocycles. The number of fused-ring (bicyclic) bond motifs is 1. The third-order valence-corrected chi connectivity index (χ3v) is 4.43. The Bertz CT molecular complexity index is 511. The van der Waals surface area contributed by atoms with Gasteiger partial charge < -0.3 is 5.73 Å². The maximum atomic E-state index is 5.96. The molecular formula is C14H18N2S. The van der Waals surface area contributed by atoms with Crippen LogP contribution in [-0.2, 0) is 0 Å². The molecule has 0 aliphatic heterocycles. The summed E-state index contributed by atoms with van der Waals surface area (Å²) in [7, 11) is 0. The molecule has 0 aliphatic rings. The highest BCUT2D eigenvalue weighted by molar-refractivity contribution is 7.99. The lowest BCUT2D eigenvalue weighted by Gasteiger charge is -2.11. The summed E-state index contributed by atoms with van der Waals surface area (Å²) in [5, 5.41) is 2.27. The fourth-order valence-corrected chi connectivity index (χ4v) is 2.86. The van der Waals surface area contributed by atoms with Gasteiger partial charge in [0.05, 0.1) is 0 Å². The molecule has 1 aromatic heterocycles. The molecule has 17 heavy (non-hydrogen) atoms. The molecule has 2 rings (SSSR count). The van der Waals surface area contributed by atoms with Gasteiger partial charge in [0.15, 0.2) is 0 Å². The highest BCUT2D eigenvalue weighted by atomic mass is 32.2. The fourth-order valence-electron chi connectivity index (χ4n) is 1.66. The number of hydrogen-bond donors (Lipinski definition) is 1. The predicted molar refractivity (Wildman–Crippen MR) is 76.3 cm³/mol. The fraction of sp³-hybridized carbons (Fsp3) is 0.357. The zero-order chi connectivity index (χ0) is 12.3. The molecule has 0 amide bonds. The van der Waals surface area contributed by atoms with Crippen molar-refractivity contribution in [2.24, 2.45) is 5.92 Å². The molecule has 0 radical (unpaired) electrons. The topological polar surface area (TPSA) is 38.9 Å². The number of nitrogens with zero attached hydrogens (tertiary/aromatic N) is 1. The first-order valence-corrected chi connectivity index (χ1v) is 6.96. The third kappa shape index (κ3) is 2.72. The first kappa shape index (κ1) is 12.2. The van der Waals surface area contributed by atoms with Crippen LogP contribution in [-0.4, -0.2) is 10.7 Å². The first-order valence-electron chi connectivity index (χ1n) is 5.97. The molecule has 3 heteroatoms. The van der Waals surface area contributed by atoms with E-state index in [1.165, 1.54) is 16.7 Å². The van der Waals surface area contributed by atoms with Crippen LogP contribution in [0.5, 0.6) is 0 Å². The van der Waals surface area contributed by atoms with E-state index in [4.69, 9.17) is 5.73 Å². The maximum Gasteiger partial charge on any atom is 0.0410 e. The number of pyridine rings is 1. The summed E-state index contributed by atoms with van der Waals surface area (Å²) in [4.78, 5) is 5.44. The number of rotatable bonds is 4. The summed E-state index contributed by atoms with van der Waals surface area (Å²) in [6.07, 6.45) is 4.90. The van der Waals surface area contributed by atoms with Crippen molar-refractivity contribution in [1.82, 2.24) is 4.98 Å². The predicted octanol–water partition coefficient (Wildman–Crippen LogP) is 3.96. The van der Waals surface area contributed by atoms with Crippen LogP contribution in [0.4, 0.5) is 5.69 Å². The molecule has 1 heterocycles. The molecule has 90 valence electrons. The number of thioether (sulfide) groups is 1. The Morgan fingerprint density at radius 2 is 2.12 bits per heavy atom. The molecule has 0 aliphatic carbocycles. The molecular weight excluding hydrogens is 228 g/mol. The highest BCUT2D eigenvalue weighted by Crippen LogP contribution is 2.32. The van der Waals surface area contributed by atoms with E-state index in [1.807, 2.05) is 36.3 Å². The second kappa shape index (κ2) is 5.41. The van der Waals surface area contributed by atoms with E-state index >= 15 is 0 Å². The van der Waals surface area contributed by atoms with Gasteiger partial charge in [0.2, 0.25) is 0 Å². The Labute approximate surface area is 107 Å². The number of nitrogen functional groups attached to an aromatic ring is 1. The van der Waals surface area contributed by atoms with Crippen LogP contribution in [0.3, 0.4) is 0 Å². The van der Waals surface area contributed by atoms with E-state index in [1.54, 1.807) is 0 Å². The quantitative estimate of drug-likeness (QED) is 0.655. The van der Waals surface area contributed by atoms with Crippen molar-refractivity contribution in [2.45, 2.75) is 25.2 Å². The van der Waals surface area contributed by atoms with Crippen LogP contribution in [0, 0.1) is 5.92 Å². The molecule has 1 unspecified atom stereocenters. The normalized spacial score (nSPS) is 12.8. The summed E-state index contributed by atoms with van der Waals surface area (Å²) in [6, 6.07) is 6.14. The van der Waals surface area contributed by atoms with E-state index in [-0.39, 0.29) is 0 Å². The van der Waals surface area contributed by atoms with Gasteiger partial charge in [0.25, 0.3) is 0 Å². The van der Waals surface area contributed by atoms with Crippen molar-refractivity contribution < 1.29 is 0 Å². The SMILES string of the molecule is CCC(C)CSc1ccc(N)c2cnccc12. The molecule has 2 N–H and O–H groups in total. The van der Waals surface area contributed by atoms with Crippen LogP contribution in [0.1, 0.15) is 20.3 Å². The molecule has 0 saturated carbocycles. The number of hydrogen-bond acceptors (Lipinski definition) is 3. The minimum Gasteiger partial charge on any atom is -0.398 e. The lowest BCUT2D eigenvalue weighted by atomic mass is 10.1. The standard InChI is InChI=1S/C14H18N2S/c1-3-10(2)9-17-14-5-4-13(15)12-8-16-7-6-11(12)14/h4-8,10H,3,9,15H2,1-2H3. The zero-order valence-corrected chi connectivity index (χ0v) is 11.1. The van der Waals surface area contributed by atoms with E-state index < -0.39 is 0 Å². The second-order valence-electron chi connectivity index (χ2n) is 4.40. The monoisotopic (exact) mass is 246 g/mol. The smallest absolute Gasteiger partial charge is 0.0410 e. The Morgan fingerprint density at radius 1 is 1.29 bits per heavy atom. The molecule has 0 saturated heterocycles. The molecule has 2 nitrogen and oxygen atoms in total. The van der Waals surface area contributed by atoms with Crippen molar-refractivity contribution in [3.63, 3.8) is 0 Å². The second-order valence-corrected chi connectivity index (χ2v) is 5.46. The summed E-state index contributed by atoms with van der Waals surface area (Å²) in [6.45, 7) is 4.52. The molecule has 0 spiro atoms. The lowest BCUT2D eigenvalue weighted by molar-refractivity contribution is 0.637. The summed E-state index contributed by atoms with van der Waals surface area (Å²) >= 11 is 1.91. The van der Waals surface area contributed by atoms with Gasteiger partial charge in [-0.3, -0.25) is 4.98 Å². The van der Waals surface area contributed by atoms with Gasteiger partial charge in [-0.05, 0) is 24.1 Å². The van der Waals surface area contributed by atoms with Crippen LogP contribution >= 0.6 is 11.8 Å². The Hall–Kier alpha value is -1.22. The van der Waals surface area contributed by atoms with Crippen molar-refractivity contribution in [1.29, 1.82) is 0 Å². The summed E-state index contributed by atoms with van der Waals surface area (Å²) < 4.78 is 0.